The van der Waals surface area contributed by atoms with Crippen LogP contribution in [-0.2, 0) is 0 Å². The summed E-state index contributed by atoms with van der Waals surface area (Å²) in [6.45, 7) is 2.73. The van der Waals surface area contributed by atoms with E-state index in [-0.39, 0.29) is 11.8 Å². The molecule has 0 fully saturated rings. The molecule has 0 bridgehead atoms. The van der Waals surface area contributed by atoms with Crippen molar-refractivity contribution in [1.82, 2.24) is 5.32 Å². The van der Waals surface area contributed by atoms with Gasteiger partial charge in [-0.3, -0.25) is 14.9 Å². The molecular weight excluding hydrogens is 230 g/mol. The molecule has 1 aliphatic heterocycles. The van der Waals surface area contributed by atoms with Crippen molar-refractivity contribution in [2.45, 2.75) is 32.6 Å². The predicted molar refractivity (Wildman–Crippen MR) is 67.9 cm³/mol. The first-order chi connectivity index (χ1) is 8.74. The van der Waals surface area contributed by atoms with Crippen LogP contribution in [0, 0.1) is 0 Å². The van der Waals surface area contributed by atoms with Gasteiger partial charge >= 0.3 is 0 Å². The number of imide groups is 1. The third kappa shape index (κ3) is 2.53. The lowest BCUT2D eigenvalue weighted by Crippen LogP contribution is -2.20. The number of fused-ring (bicyclic) bond motifs is 1. The Morgan fingerprint density at radius 2 is 1.94 bits per heavy atom. The molecule has 1 heterocycles. The molecule has 0 aliphatic carbocycles. The number of hydrogen-bond acceptors (Lipinski definition) is 3. The molecule has 0 atom stereocenters. The lowest BCUT2D eigenvalue weighted by atomic mass is 10.1. The highest BCUT2D eigenvalue weighted by atomic mass is 16.5. The van der Waals surface area contributed by atoms with Crippen molar-refractivity contribution in [3.63, 3.8) is 0 Å². The van der Waals surface area contributed by atoms with E-state index in [1.54, 1.807) is 18.2 Å². The van der Waals surface area contributed by atoms with Gasteiger partial charge < -0.3 is 4.74 Å². The summed E-state index contributed by atoms with van der Waals surface area (Å²) >= 11 is 0. The number of amides is 2. The van der Waals surface area contributed by atoms with Gasteiger partial charge in [-0.25, -0.2) is 0 Å². The number of carbonyl (C=O) groups excluding carboxylic acids is 2. The molecule has 0 aromatic heterocycles. The number of nitrogens with one attached hydrogen (secondary N) is 1. The van der Waals surface area contributed by atoms with E-state index in [0.29, 0.717) is 23.5 Å². The molecule has 1 aromatic rings. The summed E-state index contributed by atoms with van der Waals surface area (Å²) in [7, 11) is 0. The van der Waals surface area contributed by atoms with E-state index in [9.17, 15) is 9.59 Å². The maximum absolute atomic E-state index is 11.6. The van der Waals surface area contributed by atoms with E-state index >= 15 is 0 Å². The zero-order chi connectivity index (χ0) is 13.0. The Labute approximate surface area is 106 Å². The van der Waals surface area contributed by atoms with Crippen molar-refractivity contribution in [2.75, 3.05) is 6.61 Å². The van der Waals surface area contributed by atoms with Crippen LogP contribution in [0.15, 0.2) is 18.2 Å². The quantitative estimate of drug-likeness (QED) is 0.620. The highest BCUT2D eigenvalue weighted by Gasteiger charge is 2.29. The van der Waals surface area contributed by atoms with Crippen molar-refractivity contribution in [2.24, 2.45) is 0 Å². The first-order valence-electron chi connectivity index (χ1n) is 6.35. The van der Waals surface area contributed by atoms with Crippen molar-refractivity contribution in [3.8, 4) is 5.75 Å². The third-order valence-corrected chi connectivity index (χ3v) is 2.98. The minimum Gasteiger partial charge on any atom is -0.493 e. The predicted octanol–water partition coefficient (Wildman–Crippen LogP) is 2.53. The lowest BCUT2D eigenvalue weighted by molar-refractivity contribution is 0.0878. The van der Waals surface area contributed by atoms with Crippen LogP contribution >= 0.6 is 0 Å². The number of hydrogen-bond donors (Lipinski definition) is 1. The number of unbranched alkanes of at least 4 members (excludes halogenated alkanes) is 3. The fourth-order valence-electron chi connectivity index (χ4n) is 2.02. The van der Waals surface area contributed by atoms with E-state index < -0.39 is 0 Å². The summed E-state index contributed by atoms with van der Waals surface area (Å²) < 4.78 is 5.60. The van der Waals surface area contributed by atoms with Crippen LogP contribution in [0.4, 0.5) is 0 Å². The maximum Gasteiger partial charge on any atom is 0.262 e. The second-order valence-electron chi connectivity index (χ2n) is 4.37. The van der Waals surface area contributed by atoms with Crippen LogP contribution < -0.4 is 10.1 Å². The van der Waals surface area contributed by atoms with E-state index in [0.717, 1.165) is 12.8 Å². The second kappa shape index (κ2) is 5.67. The Kier molecular flexibility index (Phi) is 3.97. The van der Waals surface area contributed by atoms with Gasteiger partial charge in [0.1, 0.15) is 5.75 Å². The Bertz CT molecular complexity index is 468. The first kappa shape index (κ1) is 12.6. The van der Waals surface area contributed by atoms with Crippen LogP contribution in [0.1, 0.15) is 53.3 Å². The molecule has 0 saturated carbocycles. The summed E-state index contributed by atoms with van der Waals surface area (Å²) in [5, 5.41) is 2.28. The summed E-state index contributed by atoms with van der Waals surface area (Å²) in [5.41, 5.74) is 0.782. The molecule has 0 spiro atoms. The Hall–Kier alpha value is -1.84. The minimum absolute atomic E-state index is 0.341. The van der Waals surface area contributed by atoms with Crippen LogP contribution in [0.2, 0.25) is 0 Å². The molecule has 2 rings (SSSR count). The van der Waals surface area contributed by atoms with Crippen LogP contribution in [0.3, 0.4) is 0 Å². The van der Waals surface area contributed by atoms with Crippen molar-refractivity contribution in [1.29, 1.82) is 0 Å². The number of carbonyl (C=O) groups is 2. The normalized spacial score (nSPS) is 13.4. The first-order valence-corrected chi connectivity index (χ1v) is 6.35. The number of benzene rings is 1. The molecule has 18 heavy (non-hydrogen) atoms. The Morgan fingerprint density at radius 1 is 1.11 bits per heavy atom. The standard InChI is InChI=1S/C14H17NO3/c1-2-3-4-5-9-18-11-8-6-7-10-12(11)14(17)15-13(10)16/h6-8H,2-5,9H2,1H3,(H,15,16,17). The lowest BCUT2D eigenvalue weighted by Gasteiger charge is -2.08. The van der Waals surface area contributed by atoms with Gasteiger partial charge in [0.05, 0.1) is 17.7 Å². The molecular formula is C14H17NO3. The van der Waals surface area contributed by atoms with E-state index in [4.69, 9.17) is 4.74 Å². The van der Waals surface area contributed by atoms with Crippen LogP contribution in [0.25, 0.3) is 0 Å². The molecule has 1 aliphatic rings. The van der Waals surface area contributed by atoms with Gasteiger partial charge in [-0.05, 0) is 18.6 Å². The summed E-state index contributed by atoms with van der Waals surface area (Å²) in [6.07, 6.45) is 4.45. The van der Waals surface area contributed by atoms with Crippen LogP contribution in [-0.4, -0.2) is 18.4 Å². The van der Waals surface area contributed by atoms with Gasteiger partial charge in [0, 0.05) is 0 Å². The smallest absolute Gasteiger partial charge is 0.262 e. The zero-order valence-electron chi connectivity index (χ0n) is 10.5. The van der Waals surface area contributed by atoms with E-state index in [1.807, 2.05) is 0 Å². The van der Waals surface area contributed by atoms with Crippen molar-refractivity contribution < 1.29 is 14.3 Å². The molecule has 1 N–H and O–H groups in total. The maximum atomic E-state index is 11.6. The van der Waals surface area contributed by atoms with Gasteiger partial charge in [-0.1, -0.05) is 32.3 Å². The fraction of sp³-hybridized carbons (Fsp3) is 0.429. The third-order valence-electron chi connectivity index (χ3n) is 2.98. The Morgan fingerprint density at radius 3 is 2.72 bits per heavy atom. The fourth-order valence-corrected chi connectivity index (χ4v) is 2.02. The minimum atomic E-state index is -0.362. The molecule has 1 aromatic carbocycles. The monoisotopic (exact) mass is 247 g/mol. The molecule has 0 unspecified atom stereocenters. The van der Waals surface area contributed by atoms with Crippen molar-refractivity contribution in [3.05, 3.63) is 29.3 Å². The summed E-state index contributed by atoms with van der Waals surface area (Å²) in [4.78, 5) is 23.1. The van der Waals surface area contributed by atoms with E-state index in [2.05, 4.69) is 12.2 Å². The summed E-state index contributed by atoms with van der Waals surface area (Å²) in [5.74, 6) is -0.196. The number of ether oxygens (including phenoxy) is 1. The molecule has 4 nitrogen and oxygen atoms in total. The second-order valence-corrected chi connectivity index (χ2v) is 4.37. The average molecular weight is 247 g/mol. The van der Waals surface area contributed by atoms with Gasteiger partial charge in [0.15, 0.2) is 0 Å². The van der Waals surface area contributed by atoms with Crippen molar-refractivity contribution >= 4 is 11.8 Å². The summed E-state index contributed by atoms with van der Waals surface area (Å²) in [6, 6.07) is 5.11. The molecule has 2 amide bonds. The van der Waals surface area contributed by atoms with Gasteiger partial charge in [-0.15, -0.1) is 0 Å². The zero-order valence-corrected chi connectivity index (χ0v) is 10.5. The van der Waals surface area contributed by atoms with Gasteiger partial charge in [0.2, 0.25) is 0 Å². The topological polar surface area (TPSA) is 55.4 Å². The molecule has 0 saturated heterocycles. The Balaban J connectivity index is 2.02. The van der Waals surface area contributed by atoms with Gasteiger partial charge in [0.25, 0.3) is 11.8 Å². The highest BCUT2D eigenvalue weighted by molar-refractivity contribution is 6.22. The molecule has 0 radical (unpaired) electrons. The highest BCUT2D eigenvalue weighted by Crippen LogP contribution is 2.26. The molecule has 96 valence electrons. The SMILES string of the molecule is CCCCCCOc1cccc2c1C(=O)NC2=O. The largest absolute Gasteiger partial charge is 0.493 e. The number of rotatable bonds is 6. The van der Waals surface area contributed by atoms with Gasteiger partial charge in [-0.2, -0.15) is 0 Å². The molecule has 4 heteroatoms. The average Bonchev–Trinajstić information content (AvgIpc) is 2.66. The van der Waals surface area contributed by atoms with Crippen LogP contribution in [0.5, 0.6) is 5.75 Å². The van der Waals surface area contributed by atoms with E-state index in [1.165, 1.54) is 12.8 Å².